The van der Waals surface area contributed by atoms with Crippen molar-refractivity contribution in [2.75, 3.05) is 17.1 Å². The van der Waals surface area contributed by atoms with Crippen LogP contribution >= 0.6 is 23.2 Å². The fourth-order valence-electron chi connectivity index (χ4n) is 5.07. The molecule has 38 heavy (non-hydrogen) atoms. The lowest BCUT2D eigenvalue weighted by molar-refractivity contribution is -0.140. The third kappa shape index (κ3) is 7.64. The molecule has 1 N–H and O–H groups in total. The number of halogens is 2. The van der Waals surface area contributed by atoms with Gasteiger partial charge in [-0.3, -0.25) is 13.9 Å². The molecule has 0 heterocycles. The van der Waals surface area contributed by atoms with Crippen molar-refractivity contribution in [1.29, 1.82) is 0 Å². The SMILES string of the molecule is CC[C@@H](C(=O)NC1CCCCC1)N(Cc1ccc(Cl)cc1Cl)C(=O)CN(c1c(C)cccc1C)S(C)(=O)=O. The molecule has 10 heteroatoms. The zero-order valence-corrected chi connectivity index (χ0v) is 24.8. The molecule has 208 valence electrons. The van der Waals surface area contributed by atoms with E-state index in [9.17, 15) is 18.0 Å². The first-order valence-corrected chi connectivity index (χ1v) is 15.6. The smallest absolute Gasteiger partial charge is 0.244 e. The van der Waals surface area contributed by atoms with Crippen molar-refractivity contribution >= 4 is 50.7 Å². The van der Waals surface area contributed by atoms with Crippen LogP contribution in [0, 0.1) is 13.8 Å². The summed E-state index contributed by atoms with van der Waals surface area (Å²) < 4.78 is 27.0. The molecule has 0 unspecified atom stereocenters. The normalized spacial score (nSPS) is 15.1. The average molecular weight is 583 g/mol. The molecule has 0 radical (unpaired) electrons. The molecule has 1 saturated carbocycles. The Labute approximate surface area is 236 Å². The Hall–Kier alpha value is -2.29. The van der Waals surface area contributed by atoms with Crippen molar-refractivity contribution in [2.45, 2.75) is 77.9 Å². The standard InChI is InChI=1S/C28H37Cl2N3O4S/c1-5-25(28(35)31-23-12-7-6-8-13-23)32(17-21-14-15-22(29)16-24(21)30)26(34)18-33(38(4,36)37)27-19(2)10-9-11-20(27)3/h9-11,14-16,23,25H,5-8,12-13,17-18H2,1-4H3,(H,31,35)/t25-/m0/s1. The number of aryl methyl sites for hydroxylation is 2. The number of anilines is 1. The second kappa shape index (κ2) is 13.2. The fourth-order valence-corrected chi connectivity index (χ4v) is 6.50. The molecule has 7 nitrogen and oxygen atoms in total. The molecule has 0 spiro atoms. The predicted molar refractivity (Wildman–Crippen MR) is 154 cm³/mol. The summed E-state index contributed by atoms with van der Waals surface area (Å²) in [6.45, 7) is 5.05. The lowest BCUT2D eigenvalue weighted by Gasteiger charge is -2.35. The van der Waals surface area contributed by atoms with Crippen molar-refractivity contribution in [1.82, 2.24) is 10.2 Å². The van der Waals surface area contributed by atoms with Crippen LogP contribution in [-0.4, -0.2) is 50.0 Å². The summed E-state index contributed by atoms with van der Waals surface area (Å²) in [5.74, 6) is -0.731. The zero-order valence-electron chi connectivity index (χ0n) is 22.5. The Bertz CT molecular complexity index is 1240. The number of carbonyl (C=O) groups is 2. The van der Waals surface area contributed by atoms with E-state index >= 15 is 0 Å². The van der Waals surface area contributed by atoms with Crippen molar-refractivity contribution in [3.8, 4) is 0 Å². The maximum Gasteiger partial charge on any atom is 0.244 e. The number of nitrogens with one attached hydrogen (secondary N) is 1. The van der Waals surface area contributed by atoms with Crippen molar-refractivity contribution in [2.24, 2.45) is 0 Å². The van der Waals surface area contributed by atoms with E-state index in [2.05, 4.69) is 5.32 Å². The number of nitrogens with zero attached hydrogens (tertiary/aromatic N) is 2. The molecule has 2 amide bonds. The first-order chi connectivity index (χ1) is 17.9. The van der Waals surface area contributed by atoms with Crippen LogP contribution in [0.2, 0.25) is 10.0 Å². The minimum Gasteiger partial charge on any atom is -0.352 e. The monoisotopic (exact) mass is 581 g/mol. The molecule has 1 aliphatic rings. The molecule has 0 bridgehead atoms. The minimum atomic E-state index is -3.81. The quantitative estimate of drug-likeness (QED) is 0.393. The van der Waals surface area contributed by atoms with E-state index in [-0.39, 0.29) is 18.5 Å². The molecular formula is C28H37Cl2N3O4S. The van der Waals surface area contributed by atoms with E-state index in [1.165, 1.54) is 4.90 Å². The third-order valence-corrected chi connectivity index (χ3v) is 8.76. The van der Waals surface area contributed by atoms with Gasteiger partial charge in [0.1, 0.15) is 12.6 Å². The van der Waals surface area contributed by atoms with E-state index < -0.39 is 28.5 Å². The molecule has 2 aromatic rings. The highest BCUT2D eigenvalue weighted by Crippen LogP contribution is 2.28. The van der Waals surface area contributed by atoms with E-state index in [4.69, 9.17) is 23.2 Å². The largest absolute Gasteiger partial charge is 0.352 e. The van der Waals surface area contributed by atoms with Gasteiger partial charge in [-0.05, 0) is 61.9 Å². The number of carbonyl (C=O) groups excluding carboxylic acids is 2. The molecule has 0 aromatic heterocycles. The summed E-state index contributed by atoms with van der Waals surface area (Å²) in [6, 6.07) is 9.71. The van der Waals surface area contributed by atoms with Gasteiger partial charge in [-0.2, -0.15) is 0 Å². The van der Waals surface area contributed by atoms with Crippen LogP contribution in [0.5, 0.6) is 0 Å². The van der Waals surface area contributed by atoms with Gasteiger partial charge in [0, 0.05) is 22.6 Å². The Morgan fingerprint density at radius 2 is 1.68 bits per heavy atom. The highest BCUT2D eigenvalue weighted by molar-refractivity contribution is 7.92. The predicted octanol–water partition coefficient (Wildman–Crippen LogP) is 5.63. The number of benzene rings is 2. The molecule has 0 aliphatic heterocycles. The highest BCUT2D eigenvalue weighted by atomic mass is 35.5. The lowest BCUT2D eigenvalue weighted by atomic mass is 9.95. The molecule has 2 aromatic carbocycles. The lowest BCUT2D eigenvalue weighted by Crippen LogP contribution is -2.54. The number of rotatable bonds is 10. The molecular weight excluding hydrogens is 545 g/mol. The molecule has 3 rings (SSSR count). The maximum atomic E-state index is 13.9. The van der Waals surface area contributed by atoms with Gasteiger partial charge in [0.05, 0.1) is 11.9 Å². The summed E-state index contributed by atoms with van der Waals surface area (Å²) in [7, 11) is -3.81. The van der Waals surface area contributed by atoms with Gasteiger partial charge in [0.2, 0.25) is 21.8 Å². The second-order valence-corrected chi connectivity index (χ2v) is 12.8. The van der Waals surface area contributed by atoms with Crippen LogP contribution in [-0.2, 0) is 26.2 Å². The number of hydrogen-bond acceptors (Lipinski definition) is 4. The van der Waals surface area contributed by atoms with E-state index in [1.54, 1.807) is 18.2 Å². The maximum absolute atomic E-state index is 13.9. The number of para-hydroxylation sites is 1. The van der Waals surface area contributed by atoms with Gasteiger partial charge in [-0.1, -0.05) is 73.7 Å². The molecule has 1 atom stereocenters. The van der Waals surface area contributed by atoms with Crippen LogP contribution < -0.4 is 9.62 Å². The van der Waals surface area contributed by atoms with E-state index in [0.29, 0.717) is 27.7 Å². The van der Waals surface area contributed by atoms with E-state index in [0.717, 1.165) is 53.8 Å². The summed E-state index contributed by atoms with van der Waals surface area (Å²) in [6.07, 6.45) is 6.54. The summed E-state index contributed by atoms with van der Waals surface area (Å²) in [5, 5.41) is 3.95. The number of hydrogen-bond donors (Lipinski definition) is 1. The van der Waals surface area contributed by atoms with Gasteiger partial charge in [0.25, 0.3) is 0 Å². The first kappa shape index (κ1) is 30.3. The number of sulfonamides is 1. The van der Waals surface area contributed by atoms with Crippen molar-refractivity contribution < 1.29 is 18.0 Å². The summed E-state index contributed by atoms with van der Waals surface area (Å²) in [5.41, 5.74) is 2.55. The topological polar surface area (TPSA) is 86.8 Å². The Balaban J connectivity index is 1.98. The van der Waals surface area contributed by atoms with Crippen LogP contribution in [0.3, 0.4) is 0 Å². The third-order valence-electron chi connectivity index (χ3n) is 7.06. The summed E-state index contributed by atoms with van der Waals surface area (Å²) >= 11 is 12.5. The van der Waals surface area contributed by atoms with Gasteiger partial charge >= 0.3 is 0 Å². The van der Waals surface area contributed by atoms with Crippen molar-refractivity contribution in [3.05, 3.63) is 63.1 Å². The molecule has 0 saturated heterocycles. The highest BCUT2D eigenvalue weighted by Gasteiger charge is 2.33. The Morgan fingerprint density at radius 3 is 2.24 bits per heavy atom. The first-order valence-electron chi connectivity index (χ1n) is 13.0. The van der Waals surface area contributed by atoms with Gasteiger partial charge in [-0.15, -0.1) is 0 Å². The van der Waals surface area contributed by atoms with Gasteiger partial charge in [-0.25, -0.2) is 8.42 Å². The minimum absolute atomic E-state index is 0.0375. The van der Waals surface area contributed by atoms with E-state index in [1.807, 2.05) is 39.0 Å². The van der Waals surface area contributed by atoms with Crippen LogP contribution in [0.25, 0.3) is 0 Å². The molecule has 1 fully saturated rings. The van der Waals surface area contributed by atoms with Gasteiger partial charge in [0.15, 0.2) is 0 Å². The van der Waals surface area contributed by atoms with Crippen LogP contribution in [0.15, 0.2) is 36.4 Å². The Morgan fingerprint density at radius 1 is 1.05 bits per heavy atom. The molecule has 1 aliphatic carbocycles. The Kier molecular flexibility index (Phi) is 10.5. The average Bonchev–Trinajstić information content (AvgIpc) is 2.84. The second-order valence-electron chi connectivity index (χ2n) is 10.0. The van der Waals surface area contributed by atoms with Crippen molar-refractivity contribution in [3.63, 3.8) is 0 Å². The van der Waals surface area contributed by atoms with Gasteiger partial charge < -0.3 is 10.2 Å². The zero-order chi connectivity index (χ0) is 28.0. The van der Waals surface area contributed by atoms with Crippen LogP contribution in [0.4, 0.5) is 5.69 Å². The summed E-state index contributed by atoms with van der Waals surface area (Å²) in [4.78, 5) is 28.9. The number of amides is 2. The fraction of sp³-hybridized carbons (Fsp3) is 0.500. The van der Waals surface area contributed by atoms with Crippen LogP contribution in [0.1, 0.15) is 62.1 Å².